The van der Waals surface area contributed by atoms with E-state index in [4.69, 9.17) is 0 Å². The first kappa shape index (κ1) is 6.01. The molecule has 0 aromatic heterocycles. The van der Waals surface area contributed by atoms with E-state index in [1.807, 2.05) is 0 Å². The standard InChI is InChI=1S/C6H6NO2/c8-7(9)6-4-2-1-3-5-6/h1-6H. The third-order valence-electron chi connectivity index (χ3n) is 1.08. The van der Waals surface area contributed by atoms with Crippen LogP contribution in [0.5, 0.6) is 0 Å². The van der Waals surface area contributed by atoms with Crippen LogP contribution in [0, 0.1) is 16.5 Å². The maximum Gasteiger partial charge on any atom is 0.238 e. The summed E-state index contributed by atoms with van der Waals surface area (Å²) in [4.78, 5) is 9.71. The molecule has 0 fully saturated rings. The summed E-state index contributed by atoms with van der Waals surface area (Å²) in [5, 5.41) is 10.0. The Morgan fingerprint density at radius 3 is 2.44 bits per heavy atom. The lowest BCUT2D eigenvalue weighted by Crippen LogP contribution is -2.16. The zero-order valence-corrected chi connectivity index (χ0v) is 4.73. The van der Waals surface area contributed by atoms with Gasteiger partial charge in [-0.25, -0.2) is 0 Å². The molecule has 0 saturated carbocycles. The van der Waals surface area contributed by atoms with Crippen LogP contribution in [-0.2, 0) is 0 Å². The molecule has 0 saturated heterocycles. The number of rotatable bonds is 1. The first-order valence-electron chi connectivity index (χ1n) is 2.62. The van der Waals surface area contributed by atoms with Gasteiger partial charge in [0.1, 0.15) is 0 Å². The summed E-state index contributed by atoms with van der Waals surface area (Å²) in [6, 6.07) is -0.616. The van der Waals surface area contributed by atoms with Crippen LogP contribution in [0.1, 0.15) is 0 Å². The minimum Gasteiger partial charge on any atom is -0.264 e. The molecule has 1 aliphatic rings. The third-order valence-corrected chi connectivity index (χ3v) is 1.08. The number of nitro groups is 1. The van der Waals surface area contributed by atoms with Gasteiger partial charge in [-0.1, -0.05) is 18.2 Å². The Kier molecular flexibility index (Phi) is 1.63. The summed E-state index contributed by atoms with van der Waals surface area (Å²) in [6.07, 6.45) is 8.20. The van der Waals surface area contributed by atoms with Gasteiger partial charge in [-0.05, 0) is 6.08 Å². The Balaban J connectivity index is 2.56. The van der Waals surface area contributed by atoms with Gasteiger partial charge in [0.25, 0.3) is 0 Å². The molecule has 0 N–H and O–H groups in total. The molecule has 47 valence electrons. The van der Waals surface area contributed by atoms with Crippen LogP contribution in [0.25, 0.3) is 0 Å². The zero-order valence-electron chi connectivity index (χ0n) is 4.73. The van der Waals surface area contributed by atoms with Gasteiger partial charge in [-0.2, -0.15) is 0 Å². The van der Waals surface area contributed by atoms with E-state index in [1.54, 1.807) is 30.7 Å². The van der Waals surface area contributed by atoms with Gasteiger partial charge >= 0.3 is 0 Å². The van der Waals surface area contributed by atoms with E-state index in [9.17, 15) is 10.1 Å². The van der Waals surface area contributed by atoms with E-state index in [1.165, 1.54) is 0 Å². The van der Waals surface area contributed by atoms with Crippen LogP contribution >= 0.6 is 0 Å². The van der Waals surface area contributed by atoms with Crippen molar-refractivity contribution in [1.29, 1.82) is 0 Å². The summed E-state index contributed by atoms with van der Waals surface area (Å²) in [7, 11) is 0. The fraction of sp³-hybridized carbons (Fsp3) is 0.167. The van der Waals surface area contributed by atoms with Crippen LogP contribution in [0.2, 0.25) is 0 Å². The highest BCUT2D eigenvalue weighted by atomic mass is 16.6. The van der Waals surface area contributed by atoms with Crippen LogP contribution in [0.15, 0.2) is 24.3 Å². The summed E-state index contributed by atoms with van der Waals surface area (Å²) in [5.74, 6) is 0. The van der Waals surface area contributed by atoms with Crippen molar-refractivity contribution in [2.24, 2.45) is 0 Å². The molecule has 0 aromatic carbocycles. The van der Waals surface area contributed by atoms with E-state index >= 15 is 0 Å². The molecule has 1 unspecified atom stereocenters. The molecule has 0 bridgehead atoms. The normalized spacial score (nSPS) is 24.2. The van der Waals surface area contributed by atoms with Gasteiger partial charge < -0.3 is 0 Å². The Morgan fingerprint density at radius 1 is 1.33 bits per heavy atom. The Labute approximate surface area is 52.8 Å². The molecule has 0 heterocycles. The van der Waals surface area contributed by atoms with Gasteiger partial charge in [0.05, 0.1) is 6.42 Å². The maximum absolute atomic E-state index is 10.0. The van der Waals surface area contributed by atoms with Gasteiger partial charge in [-0.3, -0.25) is 10.1 Å². The molecule has 0 aliphatic heterocycles. The third kappa shape index (κ3) is 1.38. The summed E-state index contributed by atoms with van der Waals surface area (Å²) < 4.78 is 0. The van der Waals surface area contributed by atoms with Crippen LogP contribution in [0.4, 0.5) is 0 Å². The molecular formula is C6H6NO2. The summed E-state index contributed by atoms with van der Waals surface area (Å²) in [5.41, 5.74) is 0. The summed E-state index contributed by atoms with van der Waals surface area (Å²) in [6.45, 7) is 0. The monoisotopic (exact) mass is 124 g/mol. The van der Waals surface area contributed by atoms with Gasteiger partial charge in [-0.15, -0.1) is 0 Å². The highest BCUT2D eigenvalue weighted by Gasteiger charge is 2.14. The highest BCUT2D eigenvalue weighted by Crippen LogP contribution is 2.03. The average molecular weight is 124 g/mol. The van der Waals surface area contributed by atoms with Crippen molar-refractivity contribution in [2.45, 2.75) is 6.04 Å². The van der Waals surface area contributed by atoms with E-state index in [0.717, 1.165) is 0 Å². The van der Waals surface area contributed by atoms with E-state index < -0.39 is 6.04 Å². The van der Waals surface area contributed by atoms with Crippen molar-refractivity contribution in [3.63, 3.8) is 0 Å². The molecule has 1 rings (SSSR count). The minimum atomic E-state index is -0.616. The van der Waals surface area contributed by atoms with Crippen molar-refractivity contribution in [2.75, 3.05) is 0 Å². The second-order valence-electron chi connectivity index (χ2n) is 1.74. The average Bonchev–Trinajstić information content (AvgIpc) is 1.90. The quantitative estimate of drug-likeness (QED) is 0.386. The van der Waals surface area contributed by atoms with E-state index in [-0.39, 0.29) is 4.92 Å². The predicted octanol–water partition coefficient (Wildman–Crippen LogP) is 0.962. The van der Waals surface area contributed by atoms with Crippen molar-refractivity contribution in [3.8, 4) is 0 Å². The Hall–Kier alpha value is -1.12. The second kappa shape index (κ2) is 2.44. The van der Waals surface area contributed by atoms with Crippen LogP contribution in [0.3, 0.4) is 0 Å². The maximum atomic E-state index is 10.0. The Morgan fingerprint density at radius 2 is 2.11 bits per heavy atom. The molecule has 1 aliphatic carbocycles. The SMILES string of the molecule is O=[N+]([O-])C1[CH]C=CC=C1. The fourth-order valence-electron chi connectivity index (χ4n) is 0.625. The molecule has 9 heavy (non-hydrogen) atoms. The first-order chi connectivity index (χ1) is 4.30. The molecule has 1 atom stereocenters. The molecule has 1 radical (unpaired) electrons. The predicted molar refractivity (Wildman–Crippen MR) is 33.4 cm³/mol. The van der Waals surface area contributed by atoms with E-state index in [0.29, 0.717) is 0 Å². The lowest BCUT2D eigenvalue weighted by Gasteiger charge is -2.01. The lowest BCUT2D eigenvalue weighted by atomic mass is 10.1. The van der Waals surface area contributed by atoms with Crippen LogP contribution < -0.4 is 0 Å². The molecule has 3 heteroatoms. The van der Waals surface area contributed by atoms with Crippen molar-refractivity contribution >= 4 is 0 Å². The lowest BCUT2D eigenvalue weighted by molar-refractivity contribution is -0.499. The van der Waals surface area contributed by atoms with Crippen LogP contribution in [-0.4, -0.2) is 11.0 Å². The highest BCUT2D eigenvalue weighted by molar-refractivity contribution is 5.19. The molecule has 3 nitrogen and oxygen atoms in total. The van der Waals surface area contributed by atoms with Gasteiger partial charge in [0, 0.05) is 4.92 Å². The topological polar surface area (TPSA) is 43.1 Å². The number of hydrogen-bond donors (Lipinski definition) is 0. The zero-order chi connectivity index (χ0) is 6.69. The van der Waals surface area contributed by atoms with E-state index in [2.05, 4.69) is 0 Å². The Bertz CT molecular complexity index is 172. The smallest absolute Gasteiger partial charge is 0.238 e. The van der Waals surface area contributed by atoms with Gasteiger partial charge in [0.15, 0.2) is 0 Å². The fourth-order valence-corrected chi connectivity index (χ4v) is 0.625. The number of hydrogen-bond acceptors (Lipinski definition) is 2. The van der Waals surface area contributed by atoms with Gasteiger partial charge in [0.2, 0.25) is 6.04 Å². The second-order valence-corrected chi connectivity index (χ2v) is 1.74. The number of allylic oxidation sites excluding steroid dienone is 2. The largest absolute Gasteiger partial charge is 0.264 e. The molecule has 0 amide bonds. The number of nitrogens with zero attached hydrogens (tertiary/aromatic N) is 1. The minimum absolute atomic E-state index is 0.333. The summed E-state index contributed by atoms with van der Waals surface area (Å²) >= 11 is 0. The molecule has 0 spiro atoms. The molecular weight excluding hydrogens is 118 g/mol. The van der Waals surface area contributed by atoms with Crippen molar-refractivity contribution < 1.29 is 4.92 Å². The first-order valence-corrected chi connectivity index (χ1v) is 2.62. The van der Waals surface area contributed by atoms with Crippen molar-refractivity contribution in [3.05, 3.63) is 40.8 Å². The molecule has 0 aromatic rings. The van der Waals surface area contributed by atoms with Crippen molar-refractivity contribution in [1.82, 2.24) is 0 Å².